The number of aromatic nitrogens is 1. The minimum Gasteiger partial charge on any atom is -0.497 e. The summed E-state index contributed by atoms with van der Waals surface area (Å²) in [5, 5.41) is 4.70. The molecule has 0 amide bonds. The smallest absolute Gasteiger partial charge is 0.253 e. The molecular weight excluding hydrogens is 440 g/mol. The Morgan fingerprint density at radius 2 is 1.79 bits per heavy atom. The van der Waals surface area contributed by atoms with Crippen LogP contribution in [0.5, 0.6) is 17.2 Å². The lowest BCUT2D eigenvalue weighted by Gasteiger charge is -2.27. The number of hydrogen-bond acceptors (Lipinski definition) is 6. The fraction of sp³-hybridized carbons (Fsp3) is 0.333. The van der Waals surface area contributed by atoms with Crippen LogP contribution in [0.15, 0.2) is 47.3 Å². The Hall–Kier alpha value is -3.30. The van der Waals surface area contributed by atoms with Gasteiger partial charge in [-0.05, 0) is 62.7 Å². The van der Waals surface area contributed by atoms with Gasteiger partial charge in [-0.2, -0.15) is 0 Å². The zero-order valence-electron chi connectivity index (χ0n) is 19.0. The van der Waals surface area contributed by atoms with Crippen LogP contribution in [0.1, 0.15) is 5.56 Å². The highest BCUT2D eigenvalue weighted by molar-refractivity contribution is 7.80. The summed E-state index contributed by atoms with van der Waals surface area (Å²) in [7, 11) is 5.64. The van der Waals surface area contributed by atoms with Crippen molar-refractivity contribution in [3.63, 3.8) is 0 Å². The van der Waals surface area contributed by atoms with Crippen LogP contribution in [0.25, 0.3) is 10.9 Å². The maximum absolute atomic E-state index is 12.9. The van der Waals surface area contributed by atoms with Gasteiger partial charge in [-0.3, -0.25) is 4.79 Å². The highest BCUT2D eigenvalue weighted by Gasteiger charge is 2.17. The zero-order chi connectivity index (χ0) is 23.4. The van der Waals surface area contributed by atoms with Crippen molar-refractivity contribution in [2.45, 2.75) is 6.54 Å². The molecule has 9 heteroatoms. The lowest BCUT2D eigenvalue weighted by Crippen LogP contribution is -2.40. The third-order valence-corrected chi connectivity index (χ3v) is 5.75. The Labute approximate surface area is 198 Å². The molecule has 33 heavy (non-hydrogen) atoms. The van der Waals surface area contributed by atoms with E-state index < -0.39 is 0 Å². The molecule has 8 nitrogen and oxygen atoms in total. The van der Waals surface area contributed by atoms with Crippen molar-refractivity contribution in [2.75, 3.05) is 52.8 Å². The first-order valence-corrected chi connectivity index (χ1v) is 11.1. The van der Waals surface area contributed by atoms with E-state index in [-0.39, 0.29) is 5.56 Å². The molecular formula is C24H28N4O4S. The molecule has 4 rings (SSSR count). The lowest BCUT2D eigenvalue weighted by molar-refractivity contribution is 0.172. The minimum atomic E-state index is -0.152. The van der Waals surface area contributed by atoms with Gasteiger partial charge in [0.05, 0.1) is 19.2 Å². The number of likely N-dealkylation sites (N-methyl/N-ethyl adjacent to an activating group) is 1. The number of aromatic amines is 1. The predicted octanol–water partition coefficient (Wildman–Crippen LogP) is 3.07. The van der Waals surface area contributed by atoms with Crippen LogP contribution in [0.2, 0.25) is 0 Å². The van der Waals surface area contributed by atoms with Gasteiger partial charge in [0.15, 0.2) is 16.6 Å². The van der Waals surface area contributed by atoms with Crippen molar-refractivity contribution >= 4 is 33.9 Å². The first-order valence-electron chi connectivity index (χ1n) is 10.7. The number of H-pyrrole nitrogens is 1. The molecule has 0 saturated carbocycles. The van der Waals surface area contributed by atoms with E-state index in [0.717, 1.165) is 23.4 Å². The van der Waals surface area contributed by atoms with E-state index in [1.54, 1.807) is 7.11 Å². The van der Waals surface area contributed by atoms with Gasteiger partial charge in [0, 0.05) is 35.8 Å². The van der Waals surface area contributed by atoms with E-state index in [2.05, 4.69) is 15.2 Å². The monoisotopic (exact) mass is 468 g/mol. The van der Waals surface area contributed by atoms with Crippen LogP contribution >= 0.6 is 12.2 Å². The fourth-order valence-electron chi connectivity index (χ4n) is 3.56. The Bertz CT molecular complexity index is 1190. The van der Waals surface area contributed by atoms with Crippen LogP contribution in [0.3, 0.4) is 0 Å². The van der Waals surface area contributed by atoms with Gasteiger partial charge in [0.2, 0.25) is 0 Å². The number of pyridine rings is 1. The molecule has 0 unspecified atom stereocenters. The van der Waals surface area contributed by atoms with Gasteiger partial charge in [-0.1, -0.05) is 0 Å². The second-order valence-corrected chi connectivity index (χ2v) is 8.48. The van der Waals surface area contributed by atoms with Crippen molar-refractivity contribution in [1.82, 2.24) is 14.8 Å². The van der Waals surface area contributed by atoms with Crippen molar-refractivity contribution in [3.8, 4) is 17.2 Å². The largest absolute Gasteiger partial charge is 0.497 e. The molecule has 3 aromatic rings. The summed E-state index contributed by atoms with van der Waals surface area (Å²) in [4.78, 5) is 19.9. The molecule has 0 radical (unpaired) electrons. The van der Waals surface area contributed by atoms with Gasteiger partial charge in [-0.15, -0.1) is 0 Å². The molecule has 2 aromatic carbocycles. The van der Waals surface area contributed by atoms with E-state index in [0.29, 0.717) is 54.0 Å². The number of benzene rings is 2. The summed E-state index contributed by atoms with van der Waals surface area (Å²) >= 11 is 5.71. The number of anilines is 1. The molecule has 0 aliphatic carbocycles. The second-order valence-electron chi connectivity index (χ2n) is 8.09. The van der Waals surface area contributed by atoms with Crippen LogP contribution in [-0.4, -0.2) is 67.4 Å². The Morgan fingerprint density at radius 3 is 2.45 bits per heavy atom. The van der Waals surface area contributed by atoms with Crippen LogP contribution < -0.4 is 25.1 Å². The van der Waals surface area contributed by atoms with Gasteiger partial charge in [-0.25, -0.2) is 0 Å². The Balaban J connectivity index is 1.58. The summed E-state index contributed by atoms with van der Waals surface area (Å²) in [6.45, 7) is 2.83. The number of hydrogen-bond donors (Lipinski definition) is 2. The van der Waals surface area contributed by atoms with Gasteiger partial charge >= 0.3 is 0 Å². The maximum atomic E-state index is 12.9. The molecule has 2 N–H and O–H groups in total. The van der Waals surface area contributed by atoms with Gasteiger partial charge < -0.3 is 34.3 Å². The van der Waals surface area contributed by atoms with Crippen LogP contribution in [-0.2, 0) is 6.54 Å². The molecule has 174 valence electrons. The van der Waals surface area contributed by atoms with Gasteiger partial charge in [0.1, 0.15) is 19.0 Å². The molecule has 1 aliphatic heterocycles. The lowest BCUT2D eigenvalue weighted by atomic mass is 10.1. The van der Waals surface area contributed by atoms with Crippen molar-refractivity contribution in [1.29, 1.82) is 0 Å². The molecule has 0 atom stereocenters. The molecule has 0 saturated heterocycles. The minimum absolute atomic E-state index is 0.152. The average molecular weight is 469 g/mol. The summed E-state index contributed by atoms with van der Waals surface area (Å²) < 4.78 is 16.5. The predicted molar refractivity (Wildman–Crippen MR) is 134 cm³/mol. The van der Waals surface area contributed by atoms with E-state index in [1.165, 1.54) is 0 Å². The van der Waals surface area contributed by atoms with Crippen LogP contribution in [0, 0.1) is 0 Å². The highest BCUT2D eigenvalue weighted by Crippen LogP contribution is 2.33. The number of fused-ring (bicyclic) bond motifs is 2. The fourth-order valence-corrected chi connectivity index (χ4v) is 3.83. The van der Waals surface area contributed by atoms with Crippen molar-refractivity contribution in [3.05, 3.63) is 58.4 Å². The number of methoxy groups -OCH3 is 1. The molecule has 0 fully saturated rings. The summed E-state index contributed by atoms with van der Waals surface area (Å²) in [5.74, 6) is 2.11. The van der Waals surface area contributed by atoms with Crippen LogP contribution in [0.4, 0.5) is 5.69 Å². The maximum Gasteiger partial charge on any atom is 0.253 e. The molecule has 2 heterocycles. The second kappa shape index (κ2) is 10.1. The van der Waals surface area contributed by atoms with E-state index in [1.807, 2.05) is 61.5 Å². The summed E-state index contributed by atoms with van der Waals surface area (Å²) in [6, 6.07) is 13.2. The number of rotatable bonds is 7. The number of thiocarbonyl (C=S) groups is 1. The van der Waals surface area contributed by atoms with E-state index in [4.69, 9.17) is 26.4 Å². The summed E-state index contributed by atoms with van der Waals surface area (Å²) in [6.07, 6.45) is 0. The number of nitrogens with zero attached hydrogens (tertiary/aromatic N) is 2. The normalized spacial score (nSPS) is 12.6. The molecule has 0 bridgehead atoms. The topological polar surface area (TPSA) is 79.1 Å². The van der Waals surface area contributed by atoms with Gasteiger partial charge in [0.25, 0.3) is 5.56 Å². The number of nitrogens with one attached hydrogen (secondary N) is 2. The first-order chi connectivity index (χ1) is 15.9. The third kappa shape index (κ3) is 5.55. The average Bonchev–Trinajstić information content (AvgIpc) is 2.81. The zero-order valence-corrected chi connectivity index (χ0v) is 19.8. The Kier molecular flexibility index (Phi) is 7.00. The SMILES string of the molecule is COc1ccc(NC(=S)N(CCN(C)C)Cc2cc3cc4c(cc3[nH]c2=O)OCCO4)cc1. The molecule has 1 aromatic heterocycles. The third-order valence-electron chi connectivity index (χ3n) is 5.39. The molecule has 1 aliphatic rings. The van der Waals surface area contributed by atoms with Crippen molar-refractivity contribution in [2.24, 2.45) is 0 Å². The highest BCUT2D eigenvalue weighted by atomic mass is 32.1. The standard InChI is InChI=1S/C24H28N4O4S/c1-27(2)8-9-28(24(33)25-18-4-6-19(30-3)7-5-18)15-17-12-16-13-21-22(32-11-10-31-21)14-20(16)26-23(17)29/h4-7,12-14H,8-11,15H2,1-3H3,(H,25,33)(H,26,29). The van der Waals surface area contributed by atoms with E-state index >= 15 is 0 Å². The quantitative estimate of drug-likeness (QED) is 0.513. The molecule has 0 spiro atoms. The van der Waals surface area contributed by atoms with E-state index in [9.17, 15) is 4.79 Å². The van der Waals surface area contributed by atoms with Crippen molar-refractivity contribution < 1.29 is 14.2 Å². The first kappa shape index (κ1) is 22.9. The summed E-state index contributed by atoms with van der Waals surface area (Å²) in [5.41, 5.74) is 2.04. The number of ether oxygens (including phenoxy) is 3. The Morgan fingerprint density at radius 1 is 1.09 bits per heavy atom.